The van der Waals surface area contributed by atoms with Crippen LogP contribution in [0.5, 0.6) is 0 Å². The lowest BCUT2D eigenvalue weighted by Gasteiger charge is -2.09. The monoisotopic (exact) mass is 380 g/mol. The van der Waals surface area contributed by atoms with E-state index >= 15 is 0 Å². The number of benzene rings is 1. The lowest BCUT2D eigenvalue weighted by Crippen LogP contribution is -2.08. The summed E-state index contributed by atoms with van der Waals surface area (Å²) >= 11 is 0. The third-order valence-corrected chi connectivity index (χ3v) is 4.65. The highest BCUT2D eigenvalue weighted by molar-refractivity contribution is 5.86. The van der Waals surface area contributed by atoms with Crippen LogP contribution in [0.2, 0.25) is 0 Å². The first-order valence-corrected chi connectivity index (χ1v) is 9.90. The van der Waals surface area contributed by atoms with Crippen LogP contribution in [0.15, 0.2) is 42.6 Å². The van der Waals surface area contributed by atoms with Gasteiger partial charge in [0.2, 0.25) is 0 Å². The molecule has 2 heterocycles. The summed E-state index contributed by atoms with van der Waals surface area (Å²) < 4.78 is 3.69. The number of aryl methyl sites for hydroxylation is 1. The number of aromatic nitrogens is 4. The summed E-state index contributed by atoms with van der Waals surface area (Å²) in [7, 11) is 0. The first-order chi connectivity index (χ1) is 13.5. The second-order valence-electron chi connectivity index (χ2n) is 7.54. The molecule has 0 aliphatic heterocycles. The van der Waals surface area contributed by atoms with Gasteiger partial charge in [0.05, 0.1) is 6.54 Å². The molecule has 0 atom stereocenters. The number of carbonyl (C=O) groups is 1. The number of rotatable bonds is 9. The summed E-state index contributed by atoms with van der Waals surface area (Å²) in [5.74, 6) is 1.55. The van der Waals surface area contributed by atoms with Crippen molar-refractivity contribution in [3.8, 4) is 5.69 Å². The van der Waals surface area contributed by atoms with Gasteiger partial charge in [0.15, 0.2) is 5.82 Å². The van der Waals surface area contributed by atoms with Gasteiger partial charge in [0, 0.05) is 24.7 Å². The van der Waals surface area contributed by atoms with E-state index in [0.717, 1.165) is 48.6 Å². The fourth-order valence-corrected chi connectivity index (χ4v) is 3.24. The van der Waals surface area contributed by atoms with Crippen molar-refractivity contribution in [1.29, 1.82) is 0 Å². The Morgan fingerprint density at radius 3 is 2.57 bits per heavy atom. The molecule has 0 aliphatic carbocycles. The van der Waals surface area contributed by atoms with E-state index < -0.39 is 5.97 Å². The first kappa shape index (κ1) is 19.9. The van der Waals surface area contributed by atoms with Crippen LogP contribution in [0.25, 0.3) is 5.69 Å². The van der Waals surface area contributed by atoms with Crippen molar-refractivity contribution in [3.05, 3.63) is 65.5 Å². The average Bonchev–Trinajstić information content (AvgIpc) is 3.27. The normalized spacial score (nSPS) is 11.3. The minimum atomic E-state index is -0.935. The summed E-state index contributed by atoms with van der Waals surface area (Å²) in [4.78, 5) is 16.1. The molecule has 0 amide bonds. The van der Waals surface area contributed by atoms with E-state index in [1.807, 2.05) is 28.9 Å². The lowest BCUT2D eigenvalue weighted by molar-refractivity contribution is 0.0688. The molecule has 6 nitrogen and oxygen atoms in total. The summed E-state index contributed by atoms with van der Waals surface area (Å²) in [6.07, 6.45) is 5.81. The topological polar surface area (TPSA) is 72.9 Å². The number of hydrogen-bond donors (Lipinski definition) is 1. The number of aromatic carboxylic acids is 1. The molecule has 0 unspecified atom stereocenters. The molecule has 0 bridgehead atoms. The molecule has 2 aromatic heterocycles. The summed E-state index contributed by atoms with van der Waals surface area (Å²) in [6, 6.07) is 11.3. The van der Waals surface area contributed by atoms with Gasteiger partial charge in [-0.15, -0.1) is 0 Å². The third kappa shape index (κ3) is 4.68. The van der Waals surface area contributed by atoms with Crippen LogP contribution < -0.4 is 0 Å². The van der Waals surface area contributed by atoms with Gasteiger partial charge >= 0.3 is 5.97 Å². The minimum Gasteiger partial charge on any atom is -0.477 e. The second-order valence-corrected chi connectivity index (χ2v) is 7.54. The van der Waals surface area contributed by atoms with Crippen molar-refractivity contribution in [1.82, 2.24) is 19.3 Å². The zero-order valence-electron chi connectivity index (χ0n) is 16.8. The van der Waals surface area contributed by atoms with Crippen LogP contribution in [0.1, 0.15) is 61.3 Å². The number of carboxylic acids is 1. The maximum atomic E-state index is 11.3. The van der Waals surface area contributed by atoms with E-state index in [2.05, 4.69) is 20.8 Å². The Morgan fingerprint density at radius 1 is 1.18 bits per heavy atom. The lowest BCUT2D eigenvalue weighted by atomic mass is 10.1. The standard InChI is InChI=1S/C22H28N4O2/c1-4-5-8-21-23-20(14-16(2)3)24-26(21)15-17-9-11-18(12-10-17)25-13-6-7-19(25)22(27)28/h6-7,9-13,16H,4-5,8,14-15H2,1-3H3,(H,27,28). The van der Waals surface area contributed by atoms with Gasteiger partial charge in [0.1, 0.15) is 11.5 Å². The first-order valence-electron chi connectivity index (χ1n) is 9.90. The van der Waals surface area contributed by atoms with Gasteiger partial charge in [-0.1, -0.05) is 39.3 Å². The molecule has 0 fully saturated rings. The van der Waals surface area contributed by atoms with E-state index in [0.29, 0.717) is 12.5 Å². The van der Waals surface area contributed by atoms with Gasteiger partial charge in [-0.2, -0.15) is 5.10 Å². The van der Waals surface area contributed by atoms with E-state index in [1.54, 1.807) is 22.9 Å². The Kier molecular flexibility index (Phi) is 6.29. The van der Waals surface area contributed by atoms with Crippen LogP contribution in [0.4, 0.5) is 0 Å². The Labute approximate surface area is 165 Å². The smallest absolute Gasteiger partial charge is 0.352 e. The van der Waals surface area contributed by atoms with Crippen LogP contribution >= 0.6 is 0 Å². The highest BCUT2D eigenvalue weighted by Gasteiger charge is 2.13. The molecular formula is C22H28N4O2. The summed E-state index contributed by atoms with van der Waals surface area (Å²) in [5, 5.41) is 14.0. The Morgan fingerprint density at radius 2 is 1.93 bits per heavy atom. The van der Waals surface area contributed by atoms with Crippen LogP contribution in [-0.2, 0) is 19.4 Å². The number of hydrogen-bond acceptors (Lipinski definition) is 3. The predicted octanol–water partition coefficient (Wildman–Crippen LogP) is 4.36. The van der Waals surface area contributed by atoms with Crippen molar-refractivity contribution in [2.24, 2.45) is 5.92 Å². The summed E-state index contributed by atoms with van der Waals surface area (Å²) in [5.41, 5.74) is 2.20. The maximum absolute atomic E-state index is 11.3. The molecule has 148 valence electrons. The average molecular weight is 380 g/mol. The number of nitrogens with zero attached hydrogens (tertiary/aromatic N) is 4. The Balaban J connectivity index is 1.80. The molecule has 3 aromatic rings. The zero-order chi connectivity index (χ0) is 20.1. The largest absolute Gasteiger partial charge is 0.477 e. The van der Waals surface area contributed by atoms with Gasteiger partial charge < -0.3 is 9.67 Å². The van der Waals surface area contributed by atoms with Crippen molar-refractivity contribution < 1.29 is 9.90 Å². The van der Waals surface area contributed by atoms with Crippen molar-refractivity contribution in [2.45, 2.75) is 53.0 Å². The fourth-order valence-electron chi connectivity index (χ4n) is 3.24. The molecule has 1 aromatic carbocycles. The Hall–Kier alpha value is -2.89. The van der Waals surface area contributed by atoms with E-state index in [4.69, 9.17) is 10.1 Å². The SMILES string of the molecule is CCCCc1nc(CC(C)C)nn1Cc1ccc(-n2cccc2C(=O)O)cc1. The molecule has 0 radical (unpaired) electrons. The van der Waals surface area contributed by atoms with Crippen molar-refractivity contribution in [3.63, 3.8) is 0 Å². The van der Waals surface area contributed by atoms with Crippen LogP contribution in [0, 0.1) is 5.92 Å². The quantitative estimate of drug-likeness (QED) is 0.599. The molecule has 28 heavy (non-hydrogen) atoms. The predicted molar refractivity (Wildman–Crippen MR) is 109 cm³/mol. The number of carboxylic acid groups (broad SMARTS) is 1. The molecule has 0 spiro atoms. The zero-order valence-corrected chi connectivity index (χ0v) is 16.8. The fraction of sp³-hybridized carbons (Fsp3) is 0.409. The second kappa shape index (κ2) is 8.87. The minimum absolute atomic E-state index is 0.254. The van der Waals surface area contributed by atoms with E-state index in [-0.39, 0.29) is 5.69 Å². The molecule has 0 aliphatic rings. The molecule has 0 saturated heterocycles. The molecule has 1 N–H and O–H groups in total. The van der Waals surface area contributed by atoms with Gasteiger partial charge in [-0.3, -0.25) is 0 Å². The van der Waals surface area contributed by atoms with E-state index in [1.165, 1.54) is 0 Å². The van der Waals surface area contributed by atoms with Gasteiger partial charge in [0.25, 0.3) is 0 Å². The Bertz CT molecular complexity index is 922. The van der Waals surface area contributed by atoms with Crippen LogP contribution in [-0.4, -0.2) is 30.4 Å². The van der Waals surface area contributed by atoms with E-state index in [9.17, 15) is 9.90 Å². The molecule has 3 rings (SSSR count). The maximum Gasteiger partial charge on any atom is 0.352 e. The summed E-state index contributed by atoms with van der Waals surface area (Å²) in [6.45, 7) is 7.21. The third-order valence-electron chi connectivity index (χ3n) is 4.65. The highest BCUT2D eigenvalue weighted by atomic mass is 16.4. The van der Waals surface area contributed by atoms with Crippen LogP contribution in [0.3, 0.4) is 0 Å². The van der Waals surface area contributed by atoms with Crippen molar-refractivity contribution in [2.75, 3.05) is 0 Å². The highest BCUT2D eigenvalue weighted by Crippen LogP contribution is 2.16. The molecule has 0 saturated carbocycles. The number of unbranched alkanes of at least 4 members (excludes halogenated alkanes) is 1. The van der Waals surface area contributed by atoms with Gasteiger partial charge in [-0.05, 0) is 42.2 Å². The molecular weight excluding hydrogens is 352 g/mol. The van der Waals surface area contributed by atoms with Gasteiger partial charge in [-0.25, -0.2) is 14.5 Å². The van der Waals surface area contributed by atoms with Crippen molar-refractivity contribution >= 4 is 5.97 Å². The molecule has 6 heteroatoms.